The van der Waals surface area contributed by atoms with E-state index in [-0.39, 0.29) is 22.8 Å². The van der Waals surface area contributed by atoms with Gasteiger partial charge >= 0.3 is 0 Å². The normalized spacial score (nSPS) is 18.7. The molecule has 1 aliphatic rings. The predicted octanol–water partition coefficient (Wildman–Crippen LogP) is 1.31. The van der Waals surface area contributed by atoms with Gasteiger partial charge in [-0.3, -0.25) is 4.79 Å². The number of primary amides is 1. The molecule has 156 valence electrons. The molecule has 8 nitrogen and oxygen atoms in total. The van der Waals surface area contributed by atoms with E-state index in [1.54, 1.807) is 19.2 Å². The van der Waals surface area contributed by atoms with Gasteiger partial charge in [0.1, 0.15) is 17.1 Å². The molecule has 0 fully saturated rings. The molecule has 1 amide bonds. The van der Waals surface area contributed by atoms with Crippen LogP contribution in [0.3, 0.4) is 0 Å². The number of hydrogen-bond donors (Lipinski definition) is 3. The molecular formula is C20H24N2O6S. The van der Waals surface area contributed by atoms with E-state index in [1.165, 1.54) is 19.2 Å². The minimum atomic E-state index is -3.99. The number of fused-ring (bicyclic) bond motifs is 1. The maximum Gasteiger partial charge on any atom is 0.252 e. The quantitative estimate of drug-likeness (QED) is 0.620. The van der Waals surface area contributed by atoms with E-state index in [9.17, 15) is 18.3 Å². The Morgan fingerprint density at radius 2 is 1.97 bits per heavy atom. The number of sulfonamides is 1. The van der Waals surface area contributed by atoms with Gasteiger partial charge in [-0.1, -0.05) is 6.07 Å². The second-order valence-electron chi connectivity index (χ2n) is 6.96. The Morgan fingerprint density at radius 3 is 2.62 bits per heavy atom. The first-order chi connectivity index (χ1) is 13.7. The van der Waals surface area contributed by atoms with Crippen molar-refractivity contribution >= 4 is 15.9 Å². The molecule has 1 unspecified atom stereocenters. The van der Waals surface area contributed by atoms with Crippen LogP contribution in [0, 0.1) is 0 Å². The Kier molecular flexibility index (Phi) is 5.83. The highest BCUT2D eigenvalue weighted by Crippen LogP contribution is 2.37. The Balaban J connectivity index is 1.86. The van der Waals surface area contributed by atoms with Crippen LogP contribution in [0.25, 0.3) is 0 Å². The van der Waals surface area contributed by atoms with Crippen LogP contribution < -0.4 is 19.9 Å². The zero-order chi connectivity index (χ0) is 21.2. The number of benzene rings is 2. The lowest BCUT2D eigenvalue weighted by molar-refractivity contribution is 0.0242. The van der Waals surface area contributed by atoms with Crippen LogP contribution in [0.5, 0.6) is 11.5 Å². The van der Waals surface area contributed by atoms with Crippen LogP contribution in [-0.2, 0) is 22.0 Å². The van der Waals surface area contributed by atoms with Crippen molar-refractivity contribution in [2.75, 3.05) is 20.8 Å². The van der Waals surface area contributed by atoms with Gasteiger partial charge in [0.15, 0.2) is 0 Å². The molecule has 1 atom stereocenters. The molecule has 1 aliphatic carbocycles. The lowest BCUT2D eigenvalue weighted by atomic mass is 9.79. The van der Waals surface area contributed by atoms with Crippen molar-refractivity contribution in [3.8, 4) is 11.5 Å². The van der Waals surface area contributed by atoms with Crippen LogP contribution in [0.2, 0.25) is 0 Å². The Hall–Kier alpha value is -2.62. The second-order valence-corrected chi connectivity index (χ2v) is 8.73. The summed E-state index contributed by atoms with van der Waals surface area (Å²) in [5.74, 6) is 0.0729. The number of aliphatic hydroxyl groups is 1. The van der Waals surface area contributed by atoms with Gasteiger partial charge in [0, 0.05) is 6.54 Å². The molecule has 4 N–H and O–H groups in total. The maximum absolute atomic E-state index is 12.8. The van der Waals surface area contributed by atoms with E-state index in [4.69, 9.17) is 15.2 Å². The fourth-order valence-electron chi connectivity index (χ4n) is 3.59. The number of methoxy groups -OCH3 is 2. The van der Waals surface area contributed by atoms with Gasteiger partial charge in [-0.25, -0.2) is 13.1 Å². The SMILES string of the molecule is COc1ccc2c(c1)CCCC2(O)CNS(=O)(=O)c1ccc(OC)c(C(N)=O)c1. The van der Waals surface area contributed by atoms with E-state index in [1.807, 2.05) is 6.07 Å². The van der Waals surface area contributed by atoms with E-state index >= 15 is 0 Å². The summed E-state index contributed by atoms with van der Waals surface area (Å²) in [5.41, 5.74) is 5.54. The van der Waals surface area contributed by atoms with Crippen molar-refractivity contribution in [2.45, 2.75) is 29.8 Å². The molecule has 0 saturated heterocycles. The lowest BCUT2D eigenvalue weighted by Crippen LogP contribution is -2.43. The van der Waals surface area contributed by atoms with Crippen LogP contribution in [-0.4, -0.2) is 40.2 Å². The van der Waals surface area contributed by atoms with Gasteiger partial charge in [-0.2, -0.15) is 0 Å². The summed E-state index contributed by atoms with van der Waals surface area (Å²) in [4.78, 5) is 11.4. The highest BCUT2D eigenvalue weighted by molar-refractivity contribution is 7.89. The van der Waals surface area contributed by atoms with Crippen LogP contribution in [0.4, 0.5) is 0 Å². The number of carbonyl (C=O) groups excluding carboxylic acids is 1. The smallest absolute Gasteiger partial charge is 0.252 e. The van der Waals surface area contributed by atoms with Gasteiger partial charge in [-0.15, -0.1) is 0 Å². The van der Waals surface area contributed by atoms with Crippen molar-refractivity contribution in [1.82, 2.24) is 4.72 Å². The van der Waals surface area contributed by atoms with Crippen molar-refractivity contribution < 1.29 is 27.8 Å². The molecule has 0 aromatic heterocycles. The lowest BCUT2D eigenvalue weighted by Gasteiger charge is -2.34. The molecule has 0 aliphatic heterocycles. The zero-order valence-electron chi connectivity index (χ0n) is 16.3. The maximum atomic E-state index is 12.8. The standard InChI is InChI=1S/C20H24N2O6S/c1-27-14-5-7-17-13(10-14)4-3-9-20(17,24)12-22-29(25,26)15-6-8-18(28-2)16(11-15)19(21)23/h5-8,10-11,22,24H,3-4,9,12H2,1-2H3,(H2,21,23). The van der Waals surface area contributed by atoms with E-state index < -0.39 is 21.5 Å². The number of hydrogen-bond acceptors (Lipinski definition) is 6. The van der Waals surface area contributed by atoms with Crippen molar-refractivity contribution in [1.29, 1.82) is 0 Å². The number of amides is 1. The fourth-order valence-corrected chi connectivity index (χ4v) is 4.71. The summed E-state index contributed by atoms with van der Waals surface area (Å²) in [6, 6.07) is 9.21. The Bertz CT molecular complexity index is 1040. The molecule has 0 radical (unpaired) electrons. The minimum absolute atomic E-state index is 0.0378. The van der Waals surface area contributed by atoms with E-state index in [0.717, 1.165) is 18.1 Å². The summed E-state index contributed by atoms with van der Waals surface area (Å²) in [7, 11) is -1.06. The third-order valence-electron chi connectivity index (χ3n) is 5.15. The third-order valence-corrected chi connectivity index (χ3v) is 6.55. The summed E-state index contributed by atoms with van der Waals surface area (Å²) < 4.78 is 38.3. The molecule has 2 aromatic rings. The van der Waals surface area contributed by atoms with Crippen molar-refractivity contribution in [3.63, 3.8) is 0 Å². The summed E-state index contributed by atoms with van der Waals surface area (Å²) >= 11 is 0. The third kappa shape index (κ3) is 4.21. The number of rotatable bonds is 7. The average molecular weight is 420 g/mol. The van der Waals surface area contributed by atoms with E-state index in [2.05, 4.69) is 4.72 Å². The first-order valence-corrected chi connectivity index (χ1v) is 10.6. The Morgan fingerprint density at radius 1 is 1.21 bits per heavy atom. The number of carbonyl (C=O) groups is 1. The van der Waals surface area contributed by atoms with Crippen LogP contribution >= 0.6 is 0 Å². The highest BCUT2D eigenvalue weighted by atomic mass is 32.2. The predicted molar refractivity (Wildman–Crippen MR) is 107 cm³/mol. The fraction of sp³-hybridized carbons (Fsp3) is 0.350. The first-order valence-electron chi connectivity index (χ1n) is 9.07. The van der Waals surface area contributed by atoms with Crippen LogP contribution in [0.1, 0.15) is 34.3 Å². The Labute approximate surface area is 169 Å². The van der Waals surface area contributed by atoms with E-state index in [0.29, 0.717) is 24.2 Å². The highest BCUT2D eigenvalue weighted by Gasteiger charge is 2.36. The summed E-state index contributed by atoms with van der Waals surface area (Å²) in [5, 5.41) is 11.2. The molecular weight excluding hydrogens is 396 g/mol. The van der Waals surface area contributed by atoms with Gasteiger partial charge in [0.25, 0.3) is 5.91 Å². The van der Waals surface area contributed by atoms with Gasteiger partial charge < -0.3 is 20.3 Å². The number of nitrogens with one attached hydrogen (secondary N) is 1. The van der Waals surface area contributed by atoms with Gasteiger partial charge in [0.05, 0.1) is 24.7 Å². The van der Waals surface area contributed by atoms with Crippen molar-refractivity contribution in [2.24, 2.45) is 5.73 Å². The molecule has 0 saturated carbocycles. The van der Waals surface area contributed by atoms with Crippen molar-refractivity contribution in [3.05, 3.63) is 53.1 Å². The first kappa shape index (κ1) is 21.1. The molecule has 0 heterocycles. The molecule has 0 spiro atoms. The summed E-state index contributed by atoms with van der Waals surface area (Å²) in [6.07, 6.45) is 1.92. The zero-order valence-corrected chi connectivity index (χ0v) is 17.1. The number of nitrogens with two attached hydrogens (primary N) is 1. The molecule has 3 rings (SSSR count). The summed E-state index contributed by atoms with van der Waals surface area (Å²) in [6.45, 7) is -0.202. The average Bonchev–Trinajstić information content (AvgIpc) is 2.71. The number of ether oxygens (including phenoxy) is 2. The topological polar surface area (TPSA) is 128 Å². The monoisotopic (exact) mass is 420 g/mol. The minimum Gasteiger partial charge on any atom is -0.497 e. The number of aryl methyl sites for hydroxylation is 1. The van der Waals surface area contributed by atoms with Gasteiger partial charge in [-0.05, 0) is 60.7 Å². The largest absolute Gasteiger partial charge is 0.497 e. The van der Waals surface area contributed by atoms with Crippen LogP contribution in [0.15, 0.2) is 41.3 Å². The van der Waals surface area contributed by atoms with Gasteiger partial charge in [0.2, 0.25) is 10.0 Å². The molecule has 0 bridgehead atoms. The molecule has 29 heavy (non-hydrogen) atoms. The second kappa shape index (κ2) is 8.02. The molecule has 9 heteroatoms. The molecule has 2 aromatic carbocycles.